The number of hydrogen-bond acceptors (Lipinski definition) is 8. The molecular formula is C23H17N3O7S. The number of non-ortho nitro benzene ring substituents is 1. The molecule has 1 aromatic heterocycles. The molecule has 0 aliphatic carbocycles. The van der Waals surface area contributed by atoms with Gasteiger partial charge in [0.2, 0.25) is 5.91 Å². The molecule has 172 valence electrons. The first kappa shape index (κ1) is 21.6. The fourth-order valence-corrected chi connectivity index (χ4v) is 4.53. The smallest absolute Gasteiger partial charge is 0.270 e. The number of rotatable bonds is 6. The molecule has 3 aromatic rings. The average Bonchev–Trinajstić information content (AvgIpc) is 3.44. The molecule has 2 aliphatic heterocycles. The van der Waals surface area contributed by atoms with Gasteiger partial charge in [-0.1, -0.05) is 6.07 Å². The predicted molar refractivity (Wildman–Crippen MR) is 121 cm³/mol. The van der Waals surface area contributed by atoms with Gasteiger partial charge in [-0.3, -0.25) is 29.4 Å². The minimum Gasteiger partial charge on any atom is -0.486 e. The van der Waals surface area contributed by atoms with E-state index < -0.39 is 29.2 Å². The van der Waals surface area contributed by atoms with E-state index in [1.54, 1.807) is 18.2 Å². The van der Waals surface area contributed by atoms with E-state index in [4.69, 9.17) is 9.47 Å². The van der Waals surface area contributed by atoms with E-state index in [1.807, 2.05) is 17.5 Å². The van der Waals surface area contributed by atoms with E-state index in [0.717, 1.165) is 21.9 Å². The molecular weight excluding hydrogens is 462 g/mol. The van der Waals surface area contributed by atoms with Crippen LogP contribution >= 0.6 is 11.3 Å². The van der Waals surface area contributed by atoms with Crippen LogP contribution in [0.5, 0.6) is 11.5 Å². The van der Waals surface area contributed by atoms with E-state index in [1.165, 1.54) is 22.3 Å². The van der Waals surface area contributed by atoms with E-state index >= 15 is 0 Å². The summed E-state index contributed by atoms with van der Waals surface area (Å²) >= 11 is 1.47. The molecule has 2 aliphatic rings. The molecule has 0 saturated heterocycles. The molecule has 2 aromatic carbocycles. The number of carbonyl (C=O) groups excluding carboxylic acids is 3. The van der Waals surface area contributed by atoms with Crippen LogP contribution in [-0.4, -0.2) is 47.3 Å². The van der Waals surface area contributed by atoms with Crippen LogP contribution in [-0.2, 0) is 11.3 Å². The summed E-state index contributed by atoms with van der Waals surface area (Å²) in [6, 6.07) is 12.3. The lowest BCUT2D eigenvalue weighted by atomic mass is 10.1. The van der Waals surface area contributed by atoms with Gasteiger partial charge in [-0.25, -0.2) is 0 Å². The standard InChI is InChI=1S/C23H17N3O7S/c27-21(13-25-22(28)17-5-3-15(26(30)31)10-18(17)23(25)29)24(12-16-2-1-9-34-16)14-4-6-19-20(11-14)33-8-7-32-19/h1-6,9-11H,7-8,12-13H2. The number of thiophene rings is 1. The lowest BCUT2D eigenvalue weighted by Crippen LogP contribution is -2.42. The minimum absolute atomic E-state index is 0.0348. The van der Waals surface area contributed by atoms with Crippen molar-refractivity contribution in [2.24, 2.45) is 0 Å². The SMILES string of the molecule is O=C1c2ccc([N+](=O)[O-])cc2C(=O)N1CC(=O)N(Cc1cccs1)c1ccc2c(c1)OCCO2. The highest BCUT2D eigenvalue weighted by molar-refractivity contribution is 7.09. The first-order valence-corrected chi connectivity index (χ1v) is 11.2. The maximum Gasteiger partial charge on any atom is 0.270 e. The highest BCUT2D eigenvalue weighted by Crippen LogP contribution is 2.35. The van der Waals surface area contributed by atoms with Crippen molar-refractivity contribution in [2.45, 2.75) is 6.54 Å². The summed E-state index contributed by atoms with van der Waals surface area (Å²) in [5.41, 5.74) is 0.169. The molecule has 11 heteroatoms. The Kier molecular flexibility index (Phi) is 5.46. The summed E-state index contributed by atoms with van der Waals surface area (Å²) in [5, 5.41) is 13.0. The van der Waals surface area contributed by atoms with Gasteiger partial charge in [0.1, 0.15) is 19.8 Å². The molecule has 0 fully saturated rings. The van der Waals surface area contributed by atoms with Crippen molar-refractivity contribution >= 4 is 40.4 Å². The van der Waals surface area contributed by atoms with Crippen LogP contribution in [0.15, 0.2) is 53.9 Å². The third-order valence-electron chi connectivity index (χ3n) is 5.49. The average molecular weight is 479 g/mol. The first-order chi connectivity index (χ1) is 16.4. The van der Waals surface area contributed by atoms with Crippen LogP contribution in [0.3, 0.4) is 0 Å². The second-order valence-corrected chi connectivity index (χ2v) is 8.60. The summed E-state index contributed by atoms with van der Waals surface area (Å²) in [7, 11) is 0. The fourth-order valence-electron chi connectivity index (χ4n) is 3.84. The molecule has 3 amide bonds. The van der Waals surface area contributed by atoms with E-state index in [2.05, 4.69) is 0 Å². The lowest BCUT2D eigenvalue weighted by molar-refractivity contribution is -0.384. The molecule has 0 radical (unpaired) electrons. The van der Waals surface area contributed by atoms with Gasteiger partial charge in [-0.2, -0.15) is 0 Å². The number of amides is 3. The van der Waals surface area contributed by atoms with Crippen molar-refractivity contribution in [2.75, 3.05) is 24.7 Å². The zero-order chi connectivity index (χ0) is 23.8. The van der Waals surface area contributed by atoms with Crippen molar-refractivity contribution in [3.8, 4) is 11.5 Å². The molecule has 0 N–H and O–H groups in total. The Labute approximate surface area is 197 Å². The van der Waals surface area contributed by atoms with E-state index in [-0.39, 0.29) is 23.4 Å². The van der Waals surface area contributed by atoms with Crippen LogP contribution < -0.4 is 14.4 Å². The molecule has 34 heavy (non-hydrogen) atoms. The molecule has 10 nitrogen and oxygen atoms in total. The number of imide groups is 1. The first-order valence-electron chi connectivity index (χ1n) is 10.3. The number of anilines is 1. The Morgan fingerprint density at radius 1 is 1.03 bits per heavy atom. The maximum atomic E-state index is 13.4. The van der Waals surface area contributed by atoms with Crippen LogP contribution in [0.1, 0.15) is 25.6 Å². The molecule has 0 unspecified atom stereocenters. The third kappa shape index (κ3) is 3.86. The summed E-state index contributed by atoms with van der Waals surface area (Å²) in [5.74, 6) is -0.827. The Balaban J connectivity index is 1.43. The van der Waals surface area contributed by atoms with E-state index in [9.17, 15) is 24.5 Å². The largest absolute Gasteiger partial charge is 0.486 e. The minimum atomic E-state index is -0.740. The number of ether oxygens (including phenoxy) is 2. The van der Waals surface area contributed by atoms with Crippen LogP contribution in [0, 0.1) is 10.1 Å². The number of nitro benzene ring substituents is 1. The number of hydrogen-bond donors (Lipinski definition) is 0. The van der Waals surface area contributed by atoms with E-state index in [0.29, 0.717) is 30.4 Å². The molecule has 5 rings (SSSR count). The molecule has 0 atom stereocenters. The Morgan fingerprint density at radius 2 is 1.79 bits per heavy atom. The van der Waals surface area contributed by atoms with Gasteiger partial charge in [-0.15, -0.1) is 11.3 Å². The summed E-state index contributed by atoms with van der Waals surface area (Å²) in [4.78, 5) is 52.7. The van der Waals surface area contributed by atoms with Gasteiger partial charge in [-0.05, 0) is 29.6 Å². The number of nitro groups is 1. The number of fused-ring (bicyclic) bond motifs is 2. The van der Waals surface area contributed by atoms with Crippen molar-refractivity contribution in [3.63, 3.8) is 0 Å². The highest BCUT2D eigenvalue weighted by Gasteiger charge is 2.38. The maximum absolute atomic E-state index is 13.4. The second kappa shape index (κ2) is 8.60. The number of carbonyl (C=O) groups is 3. The summed E-state index contributed by atoms with van der Waals surface area (Å²) < 4.78 is 11.2. The van der Waals surface area contributed by atoms with Crippen molar-refractivity contribution in [3.05, 3.63) is 80.0 Å². The third-order valence-corrected chi connectivity index (χ3v) is 6.35. The topological polar surface area (TPSA) is 119 Å². The number of nitrogens with zero attached hydrogens (tertiary/aromatic N) is 3. The lowest BCUT2D eigenvalue weighted by Gasteiger charge is -2.26. The van der Waals surface area contributed by atoms with Gasteiger partial charge in [0, 0.05) is 28.8 Å². The van der Waals surface area contributed by atoms with Crippen molar-refractivity contribution in [1.82, 2.24) is 4.90 Å². The Bertz CT molecular complexity index is 1320. The Hall–Kier alpha value is -4.25. The Morgan fingerprint density at radius 3 is 2.53 bits per heavy atom. The summed E-state index contributed by atoms with van der Waals surface area (Å²) in [6.07, 6.45) is 0. The molecule has 3 heterocycles. The van der Waals surface area contributed by atoms with Crippen molar-refractivity contribution < 1.29 is 28.8 Å². The number of benzene rings is 2. The molecule has 0 bridgehead atoms. The highest BCUT2D eigenvalue weighted by atomic mass is 32.1. The molecule has 0 spiro atoms. The van der Waals surface area contributed by atoms with Gasteiger partial charge < -0.3 is 14.4 Å². The van der Waals surface area contributed by atoms with Crippen LogP contribution in [0.2, 0.25) is 0 Å². The monoisotopic (exact) mass is 479 g/mol. The van der Waals surface area contributed by atoms with Crippen LogP contribution in [0.25, 0.3) is 0 Å². The zero-order valence-corrected chi connectivity index (χ0v) is 18.4. The quantitative estimate of drug-likeness (QED) is 0.302. The second-order valence-electron chi connectivity index (χ2n) is 7.57. The normalized spacial score (nSPS) is 14.2. The molecule has 0 saturated carbocycles. The van der Waals surface area contributed by atoms with Crippen LogP contribution in [0.4, 0.5) is 11.4 Å². The fraction of sp³-hybridized carbons (Fsp3) is 0.174. The van der Waals surface area contributed by atoms with Gasteiger partial charge in [0.05, 0.1) is 22.6 Å². The van der Waals surface area contributed by atoms with Crippen molar-refractivity contribution in [1.29, 1.82) is 0 Å². The zero-order valence-electron chi connectivity index (χ0n) is 17.6. The van der Waals surface area contributed by atoms with Gasteiger partial charge in [0.15, 0.2) is 11.5 Å². The summed E-state index contributed by atoms with van der Waals surface area (Å²) in [6.45, 7) is 0.531. The predicted octanol–water partition coefficient (Wildman–Crippen LogP) is 3.26. The van der Waals surface area contributed by atoms with Gasteiger partial charge >= 0.3 is 0 Å². The van der Waals surface area contributed by atoms with Gasteiger partial charge in [0.25, 0.3) is 17.5 Å².